The second-order valence-electron chi connectivity index (χ2n) is 4.33. The maximum Gasteiger partial charge on any atom is 0.248 e. The van der Waals surface area contributed by atoms with Gasteiger partial charge >= 0.3 is 0 Å². The molecule has 0 fully saturated rings. The molecule has 0 heterocycles. The molecule has 4 N–H and O–H groups in total. The van der Waals surface area contributed by atoms with E-state index in [-0.39, 0.29) is 12.5 Å². The number of benzene rings is 2. The van der Waals surface area contributed by atoms with Gasteiger partial charge in [0.2, 0.25) is 11.8 Å². The van der Waals surface area contributed by atoms with Crippen molar-refractivity contribution in [1.82, 2.24) is 0 Å². The highest BCUT2D eigenvalue weighted by Gasteiger charge is 2.06. The number of halogens is 1. The van der Waals surface area contributed by atoms with Gasteiger partial charge in [0, 0.05) is 11.3 Å². The Morgan fingerprint density at radius 2 is 1.86 bits per heavy atom. The molecular formula is C15H14ClN3O2. The van der Waals surface area contributed by atoms with Crippen molar-refractivity contribution in [3.05, 3.63) is 59.1 Å². The molecule has 0 saturated heterocycles. The summed E-state index contributed by atoms with van der Waals surface area (Å²) in [4.78, 5) is 22.9. The maximum atomic E-state index is 11.8. The largest absolute Gasteiger partial charge is 0.376 e. The van der Waals surface area contributed by atoms with Gasteiger partial charge in [-0.1, -0.05) is 29.8 Å². The van der Waals surface area contributed by atoms with E-state index in [0.717, 1.165) is 0 Å². The first-order valence-electron chi connectivity index (χ1n) is 6.24. The van der Waals surface area contributed by atoms with Crippen LogP contribution in [0.5, 0.6) is 0 Å². The SMILES string of the molecule is NC(=O)c1cccc(NCC(=O)Nc2ccccc2Cl)c1. The molecule has 0 aliphatic rings. The van der Waals surface area contributed by atoms with E-state index in [1.807, 2.05) is 0 Å². The third kappa shape index (κ3) is 4.22. The summed E-state index contributed by atoms with van der Waals surface area (Å²) in [5.74, 6) is -0.758. The first kappa shape index (κ1) is 14.9. The fraction of sp³-hybridized carbons (Fsp3) is 0.0667. The van der Waals surface area contributed by atoms with E-state index in [0.29, 0.717) is 22.0 Å². The Hall–Kier alpha value is -2.53. The number of anilines is 2. The Bertz CT molecular complexity index is 673. The third-order valence-corrected chi connectivity index (χ3v) is 3.08. The van der Waals surface area contributed by atoms with Gasteiger partial charge in [0.05, 0.1) is 17.3 Å². The lowest BCUT2D eigenvalue weighted by Gasteiger charge is -2.09. The molecule has 0 radical (unpaired) electrons. The predicted octanol–water partition coefficient (Wildman–Crippen LogP) is 2.49. The zero-order valence-corrected chi connectivity index (χ0v) is 11.9. The molecule has 2 rings (SSSR count). The number of amides is 2. The van der Waals surface area contributed by atoms with Crippen molar-refractivity contribution < 1.29 is 9.59 Å². The summed E-state index contributed by atoms with van der Waals surface area (Å²) in [7, 11) is 0. The van der Waals surface area contributed by atoms with Gasteiger partial charge in [-0.2, -0.15) is 0 Å². The van der Waals surface area contributed by atoms with Crippen molar-refractivity contribution in [2.24, 2.45) is 5.73 Å². The number of nitrogens with two attached hydrogens (primary N) is 1. The van der Waals surface area contributed by atoms with Gasteiger partial charge in [0.25, 0.3) is 0 Å². The van der Waals surface area contributed by atoms with Gasteiger partial charge in [0.15, 0.2) is 0 Å². The number of rotatable bonds is 5. The molecule has 2 aromatic rings. The lowest BCUT2D eigenvalue weighted by Crippen LogP contribution is -2.22. The fourth-order valence-corrected chi connectivity index (χ4v) is 1.90. The van der Waals surface area contributed by atoms with Crippen molar-refractivity contribution >= 4 is 34.8 Å². The van der Waals surface area contributed by atoms with E-state index >= 15 is 0 Å². The number of nitrogens with one attached hydrogen (secondary N) is 2. The molecule has 0 aliphatic carbocycles. The van der Waals surface area contributed by atoms with Crippen LogP contribution in [-0.4, -0.2) is 18.4 Å². The molecule has 0 unspecified atom stereocenters. The first-order valence-corrected chi connectivity index (χ1v) is 6.62. The topological polar surface area (TPSA) is 84.2 Å². The minimum Gasteiger partial charge on any atom is -0.376 e. The lowest BCUT2D eigenvalue weighted by atomic mass is 10.2. The number of carbonyl (C=O) groups is 2. The molecule has 0 aromatic heterocycles. The second-order valence-corrected chi connectivity index (χ2v) is 4.73. The average molecular weight is 304 g/mol. The standard InChI is InChI=1S/C15H14ClN3O2/c16-12-6-1-2-7-13(12)19-14(20)9-18-11-5-3-4-10(8-11)15(17)21/h1-8,18H,9H2,(H2,17,21)(H,19,20). The van der Waals surface area contributed by atoms with Gasteiger partial charge in [0.1, 0.15) is 0 Å². The smallest absolute Gasteiger partial charge is 0.248 e. The van der Waals surface area contributed by atoms with Crippen LogP contribution in [-0.2, 0) is 4.79 Å². The highest BCUT2D eigenvalue weighted by Crippen LogP contribution is 2.20. The molecule has 0 atom stereocenters. The Balaban J connectivity index is 1.94. The summed E-state index contributed by atoms with van der Waals surface area (Å²) in [6.45, 7) is 0.0490. The number of primary amides is 1. The Kier molecular flexibility index (Phi) is 4.79. The highest BCUT2D eigenvalue weighted by atomic mass is 35.5. The summed E-state index contributed by atoms with van der Waals surface area (Å²) < 4.78 is 0. The predicted molar refractivity (Wildman–Crippen MR) is 83.5 cm³/mol. The second kappa shape index (κ2) is 6.76. The average Bonchev–Trinajstić information content (AvgIpc) is 2.48. The van der Waals surface area contributed by atoms with E-state index in [1.165, 1.54) is 0 Å². The van der Waals surface area contributed by atoms with Crippen molar-refractivity contribution in [1.29, 1.82) is 0 Å². The van der Waals surface area contributed by atoms with Crippen LogP contribution in [0.1, 0.15) is 10.4 Å². The van der Waals surface area contributed by atoms with Crippen molar-refractivity contribution in [2.75, 3.05) is 17.2 Å². The Morgan fingerprint density at radius 1 is 1.10 bits per heavy atom. The van der Waals surface area contributed by atoms with E-state index < -0.39 is 5.91 Å². The maximum absolute atomic E-state index is 11.8. The quantitative estimate of drug-likeness (QED) is 0.793. The molecule has 5 nitrogen and oxygen atoms in total. The summed E-state index contributed by atoms with van der Waals surface area (Å²) in [5, 5.41) is 6.08. The number of carbonyl (C=O) groups excluding carboxylic acids is 2. The van der Waals surface area contributed by atoms with Crippen LogP contribution in [0.4, 0.5) is 11.4 Å². The van der Waals surface area contributed by atoms with Crippen LogP contribution < -0.4 is 16.4 Å². The van der Waals surface area contributed by atoms with Crippen LogP contribution in [0, 0.1) is 0 Å². The lowest BCUT2D eigenvalue weighted by molar-refractivity contribution is -0.114. The minimum absolute atomic E-state index is 0.0490. The van der Waals surface area contributed by atoms with Gasteiger partial charge < -0.3 is 16.4 Å². The number of hydrogen-bond acceptors (Lipinski definition) is 3. The monoisotopic (exact) mass is 303 g/mol. The highest BCUT2D eigenvalue weighted by molar-refractivity contribution is 6.33. The summed E-state index contributed by atoms with van der Waals surface area (Å²) in [5.41, 5.74) is 6.77. The van der Waals surface area contributed by atoms with E-state index in [9.17, 15) is 9.59 Å². The molecule has 0 saturated carbocycles. The van der Waals surface area contributed by atoms with Gasteiger partial charge in [-0.25, -0.2) is 0 Å². The first-order chi connectivity index (χ1) is 10.1. The van der Waals surface area contributed by atoms with Crippen molar-refractivity contribution in [2.45, 2.75) is 0 Å². The molecule has 108 valence electrons. The fourth-order valence-electron chi connectivity index (χ4n) is 1.72. The van der Waals surface area contributed by atoms with Gasteiger partial charge in [-0.05, 0) is 30.3 Å². The van der Waals surface area contributed by atoms with Crippen LogP contribution in [0.25, 0.3) is 0 Å². The van der Waals surface area contributed by atoms with Crippen molar-refractivity contribution in [3.63, 3.8) is 0 Å². The summed E-state index contributed by atoms with van der Waals surface area (Å²) in [6.07, 6.45) is 0. The minimum atomic E-state index is -0.515. The molecule has 0 aliphatic heterocycles. The van der Waals surface area contributed by atoms with Crippen LogP contribution in [0.15, 0.2) is 48.5 Å². The summed E-state index contributed by atoms with van der Waals surface area (Å²) >= 11 is 5.95. The van der Waals surface area contributed by atoms with E-state index in [1.54, 1.807) is 48.5 Å². The molecular weight excluding hydrogens is 290 g/mol. The van der Waals surface area contributed by atoms with Crippen LogP contribution >= 0.6 is 11.6 Å². The van der Waals surface area contributed by atoms with E-state index in [4.69, 9.17) is 17.3 Å². The molecule has 2 amide bonds. The van der Waals surface area contributed by atoms with Gasteiger partial charge in [-0.3, -0.25) is 9.59 Å². The molecule has 2 aromatic carbocycles. The van der Waals surface area contributed by atoms with Crippen LogP contribution in [0.3, 0.4) is 0 Å². The molecule has 0 spiro atoms. The normalized spacial score (nSPS) is 9.95. The zero-order valence-electron chi connectivity index (χ0n) is 11.1. The van der Waals surface area contributed by atoms with E-state index in [2.05, 4.69) is 10.6 Å². The molecule has 21 heavy (non-hydrogen) atoms. The molecule has 6 heteroatoms. The molecule has 0 bridgehead atoms. The van der Waals surface area contributed by atoms with Crippen molar-refractivity contribution in [3.8, 4) is 0 Å². The Labute approximate surface area is 127 Å². The van der Waals surface area contributed by atoms with Crippen LogP contribution in [0.2, 0.25) is 5.02 Å². The Morgan fingerprint density at radius 3 is 2.57 bits per heavy atom. The number of hydrogen-bond donors (Lipinski definition) is 3. The number of para-hydroxylation sites is 1. The van der Waals surface area contributed by atoms with Gasteiger partial charge in [-0.15, -0.1) is 0 Å². The third-order valence-electron chi connectivity index (χ3n) is 2.75. The zero-order chi connectivity index (χ0) is 15.2. The summed E-state index contributed by atoms with van der Waals surface area (Å²) in [6, 6.07) is 13.6.